The first-order chi connectivity index (χ1) is 9.57. The summed E-state index contributed by atoms with van der Waals surface area (Å²) in [6.07, 6.45) is 5.40. The van der Waals surface area contributed by atoms with Crippen LogP contribution >= 0.6 is 0 Å². The highest BCUT2D eigenvalue weighted by Crippen LogP contribution is 2.34. The van der Waals surface area contributed by atoms with Gasteiger partial charge in [0.05, 0.1) is 6.10 Å². The van der Waals surface area contributed by atoms with E-state index in [0.717, 1.165) is 5.75 Å². The molecule has 1 aromatic rings. The molecule has 2 aliphatic rings. The lowest BCUT2D eigenvalue weighted by Gasteiger charge is -2.40. The van der Waals surface area contributed by atoms with E-state index in [1.54, 1.807) is 0 Å². The van der Waals surface area contributed by atoms with Gasteiger partial charge in [-0.3, -0.25) is 4.90 Å². The zero-order valence-electron chi connectivity index (χ0n) is 12.6. The Morgan fingerprint density at radius 1 is 1.25 bits per heavy atom. The van der Waals surface area contributed by atoms with E-state index in [2.05, 4.69) is 36.9 Å². The van der Waals surface area contributed by atoms with Crippen LogP contribution in [0.2, 0.25) is 0 Å². The van der Waals surface area contributed by atoms with Crippen LogP contribution in [0.4, 0.5) is 0 Å². The van der Waals surface area contributed by atoms with Crippen molar-refractivity contribution in [2.45, 2.75) is 57.2 Å². The summed E-state index contributed by atoms with van der Waals surface area (Å²) in [5.74, 6) is 0.970. The molecule has 110 valence electrons. The summed E-state index contributed by atoms with van der Waals surface area (Å²) in [4.78, 5) is 2.52. The Bertz CT molecular complexity index is 462. The molecular formula is C17H26N2O. The first kappa shape index (κ1) is 13.9. The molecule has 0 bridgehead atoms. The van der Waals surface area contributed by atoms with Crippen LogP contribution in [0.15, 0.2) is 24.3 Å². The molecule has 1 heterocycles. The molecule has 1 aliphatic carbocycles. The normalized spacial score (nSPS) is 21.9. The van der Waals surface area contributed by atoms with Crippen molar-refractivity contribution in [3.63, 3.8) is 0 Å². The molecular weight excluding hydrogens is 248 g/mol. The van der Waals surface area contributed by atoms with Gasteiger partial charge in [-0.2, -0.15) is 0 Å². The molecule has 1 saturated heterocycles. The lowest BCUT2D eigenvalue weighted by Crippen LogP contribution is -2.49. The average molecular weight is 274 g/mol. The third kappa shape index (κ3) is 2.84. The van der Waals surface area contributed by atoms with Gasteiger partial charge in [0.25, 0.3) is 0 Å². The zero-order valence-corrected chi connectivity index (χ0v) is 12.6. The Morgan fingerprint density at radius 2 is 1.95 bits per heavy atom. The van der Waals surface area contributed by atoms with Gasteiger partial charge < -0.3 is 10.5 Å². The average Bonchev–Trinajstić information content (AvgIpc) is 3.07. The smallest absolute Gasteiger partial charge is 0.120 e. The number of rotatable bonds is 5. The van der Waals surface area contributed by atoms with Crippen LogP contribution in [-0.2, 0) is 0 Å². The van der Waals surface area contributed by atoms with Crippen molar-refractivity contribution in [2.24, 2.45) is 5.73 Å². The molecule has 20 heavy (non-hydrogen) atoms. The van der Waals surface area contributed by atoms with Gasteiger partial charge in [-0.25, -0.2) is 0 Å². The second-order valence-corrected chi connectivity index (χ2v) is 6.72. The summed E-state index contributed by atoms with van der Waals surface area (Å²) in [6, 6.07) is 8.37. The second kappa shape index (κ2) is 5.38. The first-order valence-corrected chi connectivity index (χ1v) is 7.84. The van der Waals surface area contributed by atoms with Gasteiger partial charge in [-0.05, 0) is 70.3 Å². The third-order valence-corrected chi connectivity index (χ3v) is 4.73. The lowest BCUT2D eigenvalue weighted by atomic mass is 9.88. The molecule has 1 saturated carbocycles. The van der Waals surface area contributed by atoms with E-state index in [1.165, 1.54) is 44.3 Å². The van der Waals surface area contributed by atoms with Gasteiger partial charge in [0.15, 0.2) is 0 Å². The quantitative estimate of drug-likeness (QED) is 0.896. The molecule has 0 radical (unpaired) electrons. The summed E-state index contributed by atoms with van der Waals surface area (Å²) in [5, 5.41) is 0. The molecule has 3 rings (SSSR count). The Labute approximate surface area is 122 Å². The monoisotopic (exact) mass is 274 g/mol. The summed E-state index contributed by atoms with van der Waals surface area (Å²) in [6.45, 7) is 6.85. The number of benzene rings is 1. The first-order valence-electron chi connectivity index (χ1n) is 7.84. The van der Waals surface area contributed by atoms with Crippen molar-refractivity contribution >= 4 is 0 Å². The van der Waals surface area contributed by atoms with Crippen LogP contribution in [0.3, 0.4) is 0 Å². The van der Waals surface area contributed by atoms with Crippen LogP contribution in [0.25, 0.3) is 0 Å². The summed E-state index contributed by atoms with van der Waals surface area (Å²) in [5.41, 5.74) is 7.75. The number of nitrogens with zero attached hydrogens (tertiary/aromatic N) is 1. The third-order valence-electron chi connectivity index (χ3n) is 4.73. The maximum absolute atomic E-state index is 6.57. The van der Waals surface area contributed by atoms with Crippen molar-refractivity contribution in [2.75, 3.05) is 13.1 Å². The number of hydrogen-bond donors (Lipinski definition) is 1. The minimum atomic E-state index is -0.00525. The van der Waals surface area contributed by atoms with Crippen LogP contribution in [0, 0.1) is 0 Å². The van der Waals surface area contributed by atoms with Crippen LogP contribution < -0.4 is 10.5 Å². The summed E-state index contributed by atoms with van der Waals surface area (Å²) < 4.78 is 5.89. The summed E-state index contributed by atoms with van der Waals surface area (Å²) >= 11 is 0. The number of ether oxygens (including phenoxy) is 1. The lowest BCUT2D eigenvalue weighted by molar-refractivity contribution is 0.124. The zero-order chi connectivity index (χ0) is 14.2. The number of nitrogens with two attached hydrogens (primary N) is 1. The standard InChI is InChI=1S/C17H26N2O/c1-17(2,19-10-3-4-11-19)16(18)13-6-5-7-15(12-13)20-14-8-9-14/h5-7,12,14,16H,3-4,8-11,18H2,1-2H3. The van der Waals surface area contributed by atoms with Gasteiger partial charge in [0.1, 0.15) is 5.75 Å². The van der Waals surface area contributed by atoms with Gasteiger partial charge in [-0.1, -0.05) is 12.1 Å². The van der Waals surface area contributed by atoms with E-state index >= 15 is 0 Å². The maximum atomic E-state index is 6.57. The minimum Gasteiger partial charge on any atom is -0.490 e. The number of likely N-dealkylation sites (tertiary alicyclic amines) is 1. The van der Waals surface area contributed by atoms with Crippen LogP contribution in [0.5, 0.6) is 5.75 Å². The van der Waals surface area contributed by atoms with Crippen LogP contribution in [0.1, 0.15) is 51.1 Å². The van der Waals surface area contributed by atoms with Gasteiger partial charge in [0.2, 0.25) is 0 Å². The van der Waals surface area contributed by atoms with Gasteiger partial charge in [0, 0.05) is 11.6 Å². The largest absolute Gasteiger partial charge is 0.490 e. The molecule has 1 atom stereocenters. The fourth-order valence-corrected chi connectivity index (χ4v) is 3.06. The SMILES string of the molecule is CC(C)(C(N)c1cccc(OC2CC2)c1)N1CCCC1. The molecule has 1 aromatic carbocycles. The minimum absolute atomic E-state index is 0.00525. The Morgan fingerprint density at radius 3 is 2.60 bits per heavy atom. The highest BCUT2D eigenvalue weighted by molar-refractivity contribution is 5.32. The molecule has 1 aliphatic heterocycles. The fourth-order valence-electron chi connectivity index (χ4n) is 3.06. The van der Waals surface area contributed by atoms with Crippen molar-refractivity contribution in [1.82, 2.24) is 4.90 Å². The predicted molar refractivity (Wildman–Crippen MR) is 81.9 cm³/mol. The molecule has 2 N–H and O–H groups in total. The molecule has 0 aromatic heterocycles. The van der Waals surface area contributed by atoms with E-state index in [0.29, 0.717) is 6.10 Å². The van der Waals surface area contributed by atoms with E-state index in [1.807, 2.05) is 6.07 Å². The van der Waals surface area contributed by atoms with E-state index < -0.39 is 0 Å². The van der Waals surface area contributed by atoms with Crippen molar-refractivity contribution in [3.05, 3.63) is 29.8 Å². The van der Waals surface area contributed by atoms with Crippen molar-refractivity contribution in [1.29, 1.82) is 0 Å². The maximum Gasteiger partial charge on any atom is 0.120 e. The van der Waals surface area contributed by atoms with Crippen molar-refractivity contribution in [3.8, 4) is 5.75 Å². The van der Waals surface area contributed by atoms with Crippen molar-refractivity contribution < 1.29 is 4.74 Å². The molecule has 2 fully saturated rings. The number of hydrogen-bond acceptors (Lipinski definition) is 3. The van der Waals surface area contributed by atoms with E-state index in [-0.39, 0.29) is 11.6 Å². The second-order valence-electron chi connectivity index (χ2n) is 6.72. The van der Waals surface area contributed by atoms with Gasteiger partial charge in [-0.15, -0.1) is 0 Å². The van der Waals surface area contributed by atoms with E-state index in [9.17, 15) is 0 Å². The molecule has 1 unspecified atom stereocenters. The Kier molecular flexibility index (Phi) is 3.74. The Balaban J connectivity index is 1.76. The predicted octanol–water partition coefficient (Wildman–Crippen LogP) is 3.10. The molecule has 0 amide bonds. The van der Waals surface area contributed by atoms with Crippen LogP contribution in [-0.4, -0.2) is 29.6 Å². The Hall–Kier alpha value is -1.06. The highest BCUT2D eigenvalue weighted by Gasteiger charge is 2.35. The topological polar surface area (TPSA) is 38.5 Å². The molecule has 3 heteroatoms. The van der Waals surface area contributed by atoms with Gasteiger partial charge >= 0.3 is 0 Å². The fraction of sp³-hybridized carbons (Fsp3) is 0.647. The molecule has 0 spiro atoms. The highest BCUT2D eigenvalue weighted by atomic mass is 16.5. The van der Waals surface area contributed by atoms with E-state index in [4.69, 9.17) is 10.5 Å². The summed E-state index contributed by atoms with van der Waals surface area (Å²) in [7, 11) is 0. The molecule has 3 nitrogen and oxygen atoms in total.